The highest BCUT2D eigenvalue weighted by Crippen LogP contribution is 2.28. The summed E-state index contributed by atoms with van der Waals surface area (Å²) in [4.78, 5) is 29.8. The van der Waals surface area contributed by atoms with Crippen LogP contribution < -0.4 is 20.1 Å². The van der Waals surface area contributed by atoms with E-state index in [0.717, 1.165) is 35.0 Å². The number of carbonyl (C=O) groups is 2. The number of aliphatic hydroxyl groups is 1. The minimum atomic E-state index is -3.04. The van der Waals surface area contributed by atoms with E-state index < -0.39 is 41.9 Å². The third-order valence-electron chi connectivity index (χ3n) is 6.00. The molecule has 3 N–H and O–H groups in total. The zero-order valence-electron chi connectivity index (χ0n) is 20.1. The van der Waals surface area contributed by atoms with Crippen molar-refractivity contribution in [1.29, 1.82) is 0 Å². The van der Waals surface area contributed by atoms with Crippen LogP contribution >= 0.6 is 0 Å². The zero-order chi connectivity index (χ0) is 27.4. The molecule has 13 heteroatoms. The number of alkyl halides is 2. The molecular weight excluding hydrogens is 512 g/mol. The number of aliphatic hydroxyl groups excluding tert-OH is 1. The predicted molar refractivity (Wildman–Crippen MR) is 127 cm³/mol. The number of hydrogen-bond donors (Lipinski definition) is 3. The molecule has 1 heterocycles. The maximum absolute atomic E-state index is 14.9. The molecule has 3 aromatic rings. The van der Waals surface area contributed by atoms with Crippen molar-refractivity contribution in [2.45, 2.75) is 44.4 Å². The summed E-state index contributed by atoms with van der Waals surface area (Å²) >= 11 is 0. The molecule has 0 saturated heterocycles. The number of nitrogens with one attached hydrogen (secondary N) is 2. The average Bonchev–Trinajstić information content (AvgIpc) is 3.28. The smallest absolute Gasteiger partial charge is 0.387 e. The molecule has 0 atom stereocenters. The lowest BCUT2D eigenvalue weighted by Gasteiger charge is -2.25. The molecule has 0 unspecified atom stereocenters. The van der Waals surface area contributed by atoms with Crippen LogP contribution in [0.3, 0.4) is 0 Å². The molecule has 9 nitrogen and oxygen atoms in total. The summed E-state index contributed by atoms with van der Waals surface area (Å²) in [6.45, 7) is -3.04. The van der Waals surface area contributed by atoms with Crippen molar-refractivity contribution in [3.8, 4) is 17.2 Å². The summed E-state index contributed by atoms with van der Waals surface area (Å²) in [6.07, 6.45) is 2.78. The molecule has 0 spiro atoms. The molecule has 2 amide bonds. The van der Waals surface area contributed by atoms with Gasteiger partial charge in [0.2, 0.25) is 5.95 Å². The predicted octanol–water partition coefficient (Wildman–Crippen LogP) is 4.05. The lowest BCUT2D eigenvalue weighted by molar-refractivity contribution is -0.0498. The molecule has 0 bridgehead atoms. The van der Waals surface area contributed by atoms with Gasteiger partial charge in [-0.3, -0.25) is 19.5 Å². The standard InChI is InChI=1S/C25H24F4N4O5/c1-37-17-10-18(26)21(19(27)11-17)33-12-20(23(36)30-14-4-6-15(34)7-5-14)31-25(33)32-22(35)13-2-8-16(9-3-13)38-24(28)29/h2-3,8-12,14-15,24,34H,4-7H2,1H3,(H,30,36)(H,31,32,35). The van der Waals surface area contributed by atoms with E-state index in [0.29, 0.717) is 25.7 Å². The monoisotopic (exact) mass is 536 g/mol. The van der Waals surface area contributed by atoms with Gasteiger partial charge in [-0.1, -0.05) is 0 Å². The first-order valence-corrected chi connectivity index (χ1v) is 11.6. The van der Waals surface area contributed by atoms with Crippen LogP contribution in [0.1, 0.15) is 46.5 Å². The van der Waals surface area contributed by atoms with Gasteiger partial charge in [-0.25, -0.2) is 13.8 Å². The van der Waals surface area contributed by atoms with Crippen molar-refractivity contribution < 1.29 is 41.7 Å². The first-order valence-electron chi connectivity index (χ1n) is 11.6. The van der Waals surface area contributed by atoms with Crippen LogP contribution in [-0.2, 0) is 0 Å². The molecule has 38 heavy (non-hydrogen) atoms. The molecule has 0 radical (unpaired) electrons. The summed E-state index contributed by atoms with van der Waals surface area (Å²) in [6, 6.07) is 6.35. The second-order valence-electron chi connectivity index (χ2n) is 8.60. The summed E-state index contributed by atoms with van der Waals surface area (Å²) < 4.78 is 64.6. The number of rotatable bonds is 8. The van der Waals surface area contributed by atoms with Gasteiger partial charge in [0.25, 0.3) is 11.8 Å². The molecule has 1 fully saturated rings. The number of methoxy groups -OCH3 is 1. The molecule has 1 saturated carbocycles. The Kier molecular flexibility index (Phi) is 8.15. The molecule has 202 valence electrons. The fraction of sp³-hybridized carbons (Fsp3) is 0.320. The van der Waals surface area contributed by atoms with Gasteiger partial charge in [0, 0.05) is 29.9 Å². The Morgan fingerprint density at radius 1 is 1.03 bits per heavy atom. The van der Waals surface area contributed by atoms with Gasteiger partial charge < -0.3 is 19.9 Å². The van der Waals surface area contributed by atoms with Crippen LogP contribution in [0.4, 0.5) is 23.5 Å². The van der Waals surface area contributed by atoms with Gasteiger partial charge in [-0.15, -0.1) is 0 Å². The number of aromatic nitrogens is 2. The van der Waals surface area contributed by atoms with E-state index in [1.807, 2.05) is 0 Å². The Balaban J connectivity index is 1.64. The van der Waals surface area contributed by atoms with E-state index in [1.54, 1.807) is 0 Å². The van der Waals surface area contributed by atoms with E-state index in [9.17, 15) is 32.3 Å². The Labute approximate surface area is 214 Å². The SMILES string of the molecule is COc1cc(F)c(-n2cc(C(=O)NC3CCC(O)CC3)nc2NC(=O)c2ccc(OC(F)F)cc2)c(F)c1. The highest BCUT2D eigenvalue weighted by molar-refractivity contribution is 6.04. The molecule has 0 aliphatic heterocycles. The number of halogens is 4. The third-order valence-corrected chi connectivity index (χ3v) is 6.00. The quantitative estimate of drug-likeness (QED) is 0.375. The molecule has 1 aliphatic rings. The Morgan fingerprint density at radius 2 is 1.66 bits per heavy atom. The largest absolute Gasteiger partial charge is 0.497 e. The summed E-state index contributed by atoms with van der Waals surface area (Å²) in [5.74, 6) is -4.14. The lowest BCUT2D eigenvalue weighted by atomic mass is 9.93. The van der Waals surface area contributed by atoms with E-state index in [4.69, 9.17) is 4.74 Å². The van der Waals surface area contributed by atoms with Crippen LogP contribution in [0, 0.1) is 11.6 Å². The fourth-order valence-corrected chi connectivity index (χ4v) is 4.08. The lowest BCUT2D eigenvalue weighted by Crippen LogP contribution is -2.38. The van der Waals surface area contributed by atoms with Gasteiger partial charge in [0.1, 0.15) is 22.9 Å². The van der Waals surface area contributed by atoms with Crippen LogP contribution in [0.25, 0.3) is 5.69 Å². The number of ether oxygens (including phenoxy) is 2. The number of amides is 2. The number of imidazole rings is 1. The maximum atomic E-state index is 14.9. The summed E-state index contributed by atoms with van der Waals surface area (Å²) in [5.41, 5.74) is -0.834. The minimum Gasteiger partial charge on any atom is -0.497 e. The minimum absolute atomic E-state index is 0.00334. The van der Waals surface area contributed by atoms with Crippen molar-refractivity contribution in [3.63, 3.8) is 0 Å². The number of nitrogens with zero attached hydrogens (tertiary/aromatic N) is 2. The van der Waals surface area contributed by atoms with Gasteiger partial charge in [-0.2, -0.15) is 8.78 Å². The van der Waals surface area contributed by atoms with Crippen LogP contribution in [0.15, 0.2) is 42.6 Å². The van der Waals surface area contributed by atoms with E-state index in [-0.39, 0.29) is 34.7 Å². The second kappa shape index (κ2) is 11.5. The molecular formula is C25H24F4N4O5. The Bertz CT molecular complexity index is 1280. The third kappa shape index (κ3) is 6.22. The van der Waals surface area contributed by atoms with E-state index in [2.05, 4.69) is 20.4 Å². The van der Waals surface area contributed by atoms with E-state index in [1.165, 1.54) is 19.2 Å². The second-order valence-corrected chi connectivity index (χ2v) is 8.60. The van der Waals surface area contributed by atoms with Crippen molar-refractivity contribution in [1.82, 2.24) is 14.9 Å². The molecule has 4 rings (SSSR count). The van der Waals surface area contributed by atoms with Crippen molar-refractivity contribution >= 4 is 17.8 Å². The number of anilines is 1. The normalized spacial score (nSPS) is 17.2. The zero-order valence-corrected chi connectivity index (χ0v) is 20.1. The van der Waals surface area contributed by atoms with Crippen LogP contribution in [0.2, 0.25) is 0 Å². The first kappa shape index (κ1) is 26.9. The Hall–Kier alpha value is -4.13. The van der Waals surface area contributed by atoms with Gasteiger partial charge in [0.15, 0.2) is 11.6 Å². The molecule has 1 aromatic heterocycles. The Morgan fingerprint density at radius 3 is 2.24 bits per heavy atom. The van der Waals surface area contributed by atoms with Crippen LogP contribution in [-0.4, -0.2) is 52.3 Å². The summed E-state index contributed by atoms with van der Waals surface area (Å²) in [7, 11) is 1.24. The number of benzene rings is 2. The van der Waals surface area contributed by atoms with Crippen molar-refractivity contribution in [3.05, 3.63) is 65.5 Å². The highest BCUT2D eigenvalue weighted by atomic mass is 19.3. The topological polar surface area (TPSA) is 115 Å². The molecule has 2 aromatic carbocycles. The van der Waals surface area contributed by atoms with E-state index >= 15 is 0 Å². The fourth-order valence-electron chi connectivity index (χ4n) is 4.08. The maximum Gasteiger partial charge on any atom is 0.387 e. The van der Waals surface area contributed by atoms with Gasteiger partial charge in [0.05, 0.1) is 13.2 Å². The van der Waals surface area contributed by atoms with Crippen LogP contribution in [0.5, 0.6) is 11.5 Å². The number of carbonyl (C=O) groups excluding carboxylic acids is 2. The number of hydrogen-bond acceptors (Lipinski definition) is 6. The van der Waals surface area contributed by atoms with Crippen molar-refractivity contribution in [2.24, 2.45) is 0 Å². The first-order chi connectivity index (χ1) is 18.1. The average molecular weight is 536 g/mol. The van der Waals surface area contributed by atoms with Gasteiger partial charge >= 0.3 is 6.61 Å². The van der Waals surface area contributed by atoms with Crippen molar-refractivity contribution in [2.75, 3.05) is 12.4 Å². The highest BCUT2D eigenvalue weighted by Gasteiger charge is 2.26. The summed E-state index contributed by atoms with van der Waals surface area (Å²) in [5, 5.41) is 14.9. The molecule has 1 aliphatic carbocycles. The van der Waals surface area contributed by atoms with Gasteiger partial charge in [-0.05, 0) is 49.9 Å².